The first-order valence-corrected chi connectivity index (χ1v) is 9.70. The lowest BCUT2D eigenvalue weighted by atomic mass is 10.0. The molecule has 0 amide bonds. The first-order chi connectivity index (χ1) is 12.2. The highest BCUT2D eigenvalue weighted by Gasteiger charge is 2.16. The average Bonchev–Trinajstić information content (AvgIpc) is 3.02. The standard InChI is InChI=1S/C18H34N6O/c1-5-19-18(20-11-10-15(14(3)4)25-6-2)21-13-17-23-22-16-9-7-8-12-24(16)17/h14-15H,5-13H2,1-4H3,(H2,19,20,21). The van der Waals surface area contributed by atoms with E-state index in [0.717, 1.165) is 56.7 Å². The number of hydrogen-bond donors (Lipinski definition) is 2. The monoisotopic (exact) mass is 350 g/mol. The lowest BCUT2D eigenvalue weighted by Crippen LogP contribution is -2.39. The largest absolute Gasteiger partial charge is 0.378 e. The topological polar surface area (TPSA) is 76.4 Å². The van der Waals surface area contributed by atoms with E-state index in [4.69, 9.17) is 4.74 Å². The molecule has 0 bridgehead atoms. The summed E-state index contributed by atoms with van der Waals surface area (Å²) in [7, 11) is 0. The van der Waals surface area contributed by atoms with Crippen molar-refractivity contribution in [1.82, 2.24) is 25.4 Å². The summed E-state index contributed by atoms with van der Waals surface area (Å²) in [6, 6.07) is 0. The van der Waals surface area contributed by atoms with Crippen LogP contribution in [0.1, 0.15) is 58.6 Å². The Morgan fingerprint density at radius 3 is 2.80 bits per heavy atom. The second kappa shape index (κ2) is 10.4. The Morgan fingerprint density at radius 2 is 2.08 bits per heavy atom. The van der Waals surface area contributed by atoms with Crippen molar-refractivity contribution in [1.29, 1.82) is 0 Å². The molecule has 0 radical (unpaired) electrons. The van der Waals surface area contributed by atoms with Crippen LogP contribution in [-0.2, 0) is 24.2 Å². The highest BCUT2D eigenvalue weighted by molar-refractivity contribution is 5.79. The summed E-state index contributed by atoms with van der Waals surface area (Å²) in [5.41, 5.74) is 0. The van der Waals surface area contributed by atoms with Crippen LogP contribution in [0.15, 0.2) is 4.99 Å². The van der Waals surface area contributed by atoms with Gasteiger partial charge in [0, 0.05) is 32.7 Å². The number of hydrogen-bond acceptors (Lipinski definition) is 4. The molecule has 0 saturated heterocycles. The van der Waals surface area contributed by atoms with Crippen molar-refractivity contribution in [3.63, 3.8) is 0 Å². The summed E-state index contributed by atoms with van der Waals surface area (Å²) >= 11 is 0. The third-order valence-electron chi connectivity index (χ3n) is 4.50. The van der Waals surface area contributed by atoms with Crippen LogP contribution >= 0.6 is 0 Å². The van der Waals surface area contributed by atoms with Gasteiger partial charge in [-0.2, -0.15) is 0 Å². The minimum Gasteiger partial charge on any atom is -0.378 e. The second-order valence-corrected chi connectivity index (χ2v) is 6.79. The predicted octanol–water partition coefficient (Wildman–Crippen LogP) is 2.12. The van der Waals surface area contributed by atoms with Crippen LogP contribution in [0, 0.1) is 5.92 Å². The van der Waals surface area contributed by atoms with Crippen LogP contribution < -0.4 is 10.6 Å². The Kier molecular flexibility index (Phi) is 8.18. The minimum absolute atomic E-state index is 0.281. The van der Waals surface area contributed by atoms with Gasteiger partial charge < -0.3 is 19.9 Å². The normalized spacial score (nSPS) is 16.0. The van der Waals surface area contributed by atoms with E-state index >= 15 is 0 Å². The molecular weight excluding hydrogens is 316 g/mol. The summed E-state index contributed by atoms with van der Waals surface area (Å²) in [5, 5.41) is 15.3. The zero-order chi connectivity index (χ0) is 18.1. The number of rotatable bonds is 9. The Hall–Kier alpha value is -1.63. The second-order valence-electron chi connectivity index (χ2n) is 6.79. The summed E-state index contributed by atoms with van der Waals surface area (Å²) in [6.45, 7) is 12.5. The molecule has 0 aromatic carbocycles. The lowest BCUT2D eigenvalue weighted by molar-refractivity contribution is 0.0258. The first-order valence-electron chi connectivity index (χ1n) is 9.70. The van der Waals surface area contributed by atoms with Crippen molar-refractivity contribution in [2.45, 2.75) is 72.6 Å². The van der Waals surface area contributed by atoms with Crippen molar-refractivity contribution in [2.24, 2.45) is 10.9 Å². The average molecular weight is 351 g/mol. The van der Waals surface area contributed by atoms with Crippen LogP contribution in [0.5, 0.6) is 0 Å². The maximum atomic E-state index is 5.80. The highest BCUT2D eigenvalue weighted by Crippen LogP contribution is 2.14. The van der Waals surface area contributed by atoms with Crippen molar-refractivity contribution in [3.8, 4) is 0 Å². The van der Waals surface area contributed by atoms with Crippen LogP contribution in [-0.4, -0.2) is 46.5 Å². The van der Waals surface area contributed by atoms with Crippen LogP contribution in [0.25, 0.3) is 0 Å². The molecule has 0 saturated carbocycles. The fourth-order valence-corrected chi connectivity index (χ4v) is 3.13. The molecular formula is C18H34N6O. The van der Waals surface area contributed by atoms with Gasteiger partial charge in [0.05, 0.1) is 6.10 Å². The lowest BCUT2D eigenvalue weighted by Gasteiger charge is -2.21. The summed E-state index contributed by atoms with van der Waals surface area (Å²) in [6.07, 6.45) is 4.69. The number of nitrogens with zero attached hydrogens (tertiary/aromatic N) is 4. The Morgan fingerprint density at radius 1 is 1.24 bits per heavy atom. The molecule has 1 aromatic heterocycles. The van der Waals surface area contributed by atoms with Gasteiger partial charge in [-0.25, -0.2) is 4.99 Å². The Labute approximate surface area is 151 Å². The third kappa shape index (κ3) is 5.99. The van der Waals surface area contributed by atoms with E-state index in [9.17, 15) is 0 Å². The molecule has 0 spiro atoms. The predicted molar refractivity (Wildman–Crippen MR) is 101 cm³/mol. The van der Waals surface area contributed by atoms with E-state index in [0.29, 0.717) is 12.5 Å². The molecule has 25 heavy (non-hydrogen) atoms. The van der Waals surface area contributed by atoms with Gasteiger partial charge in [-0.05, 0) is 39.0 Å². The molecule has 142 valence electrons. The van der Waals surface area contributed by atoms with E-state index < -0.39 is 0 Å². The number of aliphatic imine (C=N–C) groups is 1. The first kappa shape index (κ1) is 19.7. The van der Waals surface area contributed by atoms with Crippen molar-refractivity contribution in [2.75, 3.05) is 19.7 Å². The van der Waals surface area contributed by atoms with E-state index in [-0.39, 0.29) is 6.10 Å². The van der Waals surface area contributed by atoms with E-state index in [1.165, 1.54) is 12.8 Å². The molecule has 0 aliphatic carbocycles. The Bertz CT molecular complexity index is 540. The van der Waals surface area contributed by atoms with Crippen molar-refractivity contribution in [3.05, 3.63) is 11.6 Å². The quantitative estimate of drug-likeness (QED) is 0.527. The number of nitrogens with one attached hydrogen (secondary N) is 2. The van der Waals surface area contributed by atoms with Gasteiger partial charge in [-0.1, -0.05) is 13.8 Å². The molecule has 0 fully saturated rings. The van der Waals surface area contributed by atoms with Gasteiger partial charge in [-0.15, -0.1) is 10.2 Å². The Balaban J connectivity index is 1.88. The molecule has 2 rings (SSSR count). The van der Waals surface area contributed by atoms with Gasteiger partial charge in [0.15, 0.2) is 11.8 Å². The molecule has 2 N–H and O–H groups in total. The van der Waals surface area contributed by atoms with E-state index in [2.05, 4.69) is 51.2 Å². The summed E-state index contributed by atoms with van der Waals surface area (Å²) in [4.78, 5) is 4.68. The van der Waals surface area contributed by atoms with Gasteiger partial charge in [0.1, 0.15) is 12.4 Å². The van der Waals surface area contributed by atoms with Crippen molar-refractivity contribution < 1.29 is 4.74 Å². The van der Waals surface area contributed by atoms with Crippen LogP contribution in [0.2, 0.25) is 0 Å². The number of fused-ring (bicyclic) bond motifs is 1. The SMILES string of the molecule is CCNC(=NCc1nnc2n1CCCC2)NCCC(OCC)C(C)C. The van der Waals surface area contributed by atoms with Gasteiger partial charge in [-0.3, -0.25) is 0 Å². The zero-order valence-electron chi connectivity index (χ0n) is 16.2. The fraction of sp³-hybridized carbons (Fsp3) is 0.833. The molecule has 1 aliphatic heterocycles. The molecule has 1 unspecified atom stereocenters. The van der Waals surface area contributed by atoms with Crippen LogP contribution in [0.4, 0.5) is 0 Å². The van der Waals surface area contributed by atoms with Crippen LogP contribution in [0.3, 0.4) is 0 Å². The number of aromatic nitrogens is 3. The molecule has 7 nitrogen and oxygen atoms in total. The van der Waals surface area contributed by atoms with Gasteiger partial charge in [0.25, 0.3) is 0 Å². The molecule has 1 atom stereocenters. The number of ether oxygens (including phenoxy) is 1. The zero-order valence-corrected chi connectivity index (χ0v) is 16.2. The molecule has 7 heteroatoms. The van der Waals surface area contributed by atoms with Gasteiger partial charge >= 0.3 is 0 Å². The third-order valence-corrected chi connectivity index (χ3v) is 4.50. The molecule has 1 aliphatic rings. The fourth-order valence-electron chi connectivity index (χ4n) is 3.13. The smallest absolute Gasteiger partial charge is 0.191 e. The van der Waals surface area contributed by atoms with Crippen molar-refractivity contribution >= 4 is 5.96 Å². The summed E-state index contributed by atoms with van der Waals surface area (Å²) < 4.78 is 8.03. The number of aryl methyl sites for hydroxylation is 1. The summed E-state index contributed by atoms with van der Waals surface area (Å²) in [5.74, 6) is 3.41. The highest BCUT2D eigenvalue weighted by atomic mass is 16.5. The maximum Gasteiger partial charge on any atom is 0.191 e. The minimum atomic E-state index is 0.281. The van der Waals surface area contributed by atoms with E-state index in [1.807, 2.05) is 6.92 Å². The number of guanidine groups is 1. The van der Waals surface area contributed by atoms with Gasteiger partial charge in [0.2, 0.25) is 0 Å². The maximum absolute atomic E-state index is 5.80. The molecule has 1 aromatic rings. The van der Waals surface area contributed by atoms with E-state index in [1.54, 1.807) is 0 Å². The molecule has 2 heterocycles.